The Hall–Kier alpha value is -2.09. The van der Waals surface area contributed by atoms with E-state index in [0.29, 0.717) is 5.56 Å². The number of aromatic hydroxyl groups is 2. The molecule has 6 nitrogen and oxygen atoms in total. The topological polar surface area (TPSA) is 95.9 Å². The molecule has 0 heterocycles. The first kappa shape index (κ1) is 15.3. The maximum atomic E-state index is 11.9. The third-order valence-electron chi connectivity index (χ3n) is 2.79. The monoisotopic (exact) mass is 309 g/mol. The van der Waals surface area contributed by atoms with Crippen LogP contribution in [0.1, 0.15) is 11.1 Å². The van der Waals surface area contributed by atoms with Gasteiger partial charge in [-0.1, -0.05) is 23.8 Å². The van der Waals surface area contributed by atoms with Gasteiger partial charge in [0.05, 0.1) is 4.90 Å². The van der Waals surface area contributed by atoms with Gasteiger partial charge < -0.3 is 10.2 Å². The van der Waals surface area contributed by atoms with E-state index in [1.165, 1.54) is 30.3 Å². The molecule has 2 aromatic rings. The number of rotatable bonds is 5. The molecule has 0 saturated heterocycles. The summed E-state index contributed by atoms with van der Waals surface area (Å²) in [5.74, 6) is -0.525. The molecule has 2 aromatic carbocycles. The quantitative estimate of drug-likeness (QED) is 0.576. The Morgan fingerprint density at radius 3 is 2.33 bits per heavy atom. The average Bonchev–Trinajstić information content (AvgIpc) is 2.43. The van der Waals surface area contributed by atoms with Gasteiger partial charge in [-0.25, -0.2) is 0 Å². The Labute approximate surface area is 122 Å². The van der Waals surface area contributed by atoms with Crippen molar-refractivity contribution in [2.45, 2.75) is 18.4 Å². The highest BCUT2D eigenvalue weighted by molar-refractivity contribution is 7.86. The Morgan fingerprint density at radius 1 is 1.05 bits per heavy atom. The van der Waals surface area contributed by atoms with Crippen molar-refractivity contribution in [1.29, 1.82) is 0 Å². The van der Waals surface area contributed by atoms with E-state index in [1.54, 1.807) is 12.1 Å². The van der Waals surface area contributed by atoms with Crippen LogP contribution in [0.3, 0.4) is 0 Å². The fourth-order valence-electron chi connectivity index (χ4n) is 1.62. The molecule has 7 heteroatoms. The van der Waals surface area contributed by atoms with E-state index < -0.39 is 10.1 Å². The van der Waals surface area contributed by atoms with Crippen molar-refractivity contribution in [2.75, 3.05) is 0 Å². The highest BCUT2D eigenvalue weighted by Crippen LogP contribution is 2.24. The standard InChI is InChI=1S/C14H15NO5S/c1-10-2-5-12(6-3-10)21(18,19)20-15-9-11-4-7-13(16)14(17)8-11/h2-8,15-17H,9H2,1H3. The van der Waals surface area contributed by atoms with Crippen LogP contribution in [0.15, 0.2) is 47.4 Å². The molecule has 2 rings (SSSR count). The number of benzene rings is 2. The minimum absolute atomic E-state index is 0.0501. The largest absolute Gasteiger partial charge is 0.504 e. The molecule has 0 saturated carbocycles. The molecule has 0 amide bonds. The molecule has 0 aromatic heterocycles. The Morgan fingerprint density at radius 2 is 1.71 bits per heavy atom. The van der Waals surface area contributed by atoms with Gasteiger partial charge in [0.15, 0.2) is 11.5 Å². The predicted molar refractivity (Wildman–Crippen MR) is 76.1 cm³/mol. The molecule has 0 radical (unpaired) electrons. The molecule has 3 N–H and O–H groups in total. The molecule has 0 atom stereocenters. The van der Waals surface area contributed by atoms with E-state index in [1.807, 2.05) is 6.92 Å². The number of aryl methyl sites for hydroxylation is 1. The van der Waals surface area contributed by atoms with Gasteiger partial charge in [-0.3, -0.25) is 0 Å². The van der Waals surface area contributed by atoms with E-state index in [2.05, 4.69) is 5.48 Å². The van der Waals surface area contributed by atoms with E-state index in [9.17, 15) is 18.6 Å². The lowest BCUT2D eigenvalue weighted by molar-refractivity contribution is 0.199. The van der Waals surface area contributed by atoms with Crippen LogP contribution in [-0.4, -0.2) is 18.6 Å². The summed E-state index contributed by atoms with van der Waals surface area (Å²) in [6.45, 7) is 1.91. The summed E-state index contributed by atoms with van der Waals surface area (Å²) in [4.78, 5) is 0.0501. The van der Waals surface area contributed by atoms with Gasteiger partial charge in [0.1, 0.15) is 0 Å². The lowest BCUT2D eigenvalue weighted by atomic mass is 10.2. The predicted octanol–water partition coefficient (Wildman–Crippen LogP) is 1.82. The molecule has 0 bridgehead atoms. The summed E-state index contributed by atoms with van der Waals surface area (Å²) >= 11 is 0. The van der Waals surface area contributed by atoms with E-state index in [4.69, 9.17) is 4.28 Å². The van der Waals surface area contributed by atoms with Crippen LogP contribution < -0.4 is 5.48 Å². The number of nitrogens with one attached hydrogen (secondary N) is 1. The van der Waals surface area contributed by atoms with Gasteiger partial charge in [0, 0.05) is 6.54 Å². The second-order valence-electron chi connectivity index (χ2n) is 4.49. The molecule has 0 spiro atoms. The number of hydrogen-bond acceptors (Lipinski definition) is 6. The van der Waals surface area contributed by atoms with Crippen molar-refractivity contribution in [3.63, 3.8) is 0 Å². The van der Waals surface area contributed by atoms with Gasteiger partial charge in [-0.15, -0.1) is 0 Å². The van der Waals surface area contributed by atoms with Crippen LogP contribution >= 0.6 is 0 Å². The molecule has 0 aliphatic rings. The van der Waals surface area contributed by atoms with Gasteiger partial charge >= 0.3 is 10.1 Å². The summed E-state index contributed by atoms with van der Waals surface area (Å²) in [6, 6.07) is 10.4. The minimum Gasteiger partial charge on any atom is -0.504 e. The molecule has 0 aliphatic heterocycles. The highest BCUT2D eigenvalue weighted by atomic mass is 32.2. The number of hydrogen-bond donors (Lipinski definition) is 3. The normalized spacial score (nSPS) is 11.5. The van der Waals surface area contributed by atoms with Crippen molar-refractivity contribution in [3.8, 4) is 11.5 Å². The van der Waals surface area contributed by atoms with E-state index in [0.717, 1.165) is 5.56 Å². The molecule has 0 aliphatic carbocycles. The van der Waals surface area contributed by atoms with Crippen molar-refractivity contribution < 1.29 is 22.9 Å². The number of phenols is 2. The Bertz CT molecular complexity index is 726. The number of phenolic OH excluding ortho intramolecular Hbond substituents is 2. The average molecular weight is 309 g/mol. The van der Waals surface area contributed by atoms with Crippen molar-refractivity contribution in [2.24, 2.45) is 0 Å². The summed E-state index contributed by atoms with van der Waals surface area (Å²) in [5, 5.41) is 18.5. The summed E-state index contributed by atoms with van der Waals surface area (Å²) < 4.78 is 28.5. The molecule has 0 unspecified atom stereocenters. The van der Waals surface area contributed by atoms with Crippen LogP contribution in [0.5, 0.6) is 11.5 Å². The second-order valence-corrected chi connectivity index (χ2v) is 6.04. The number of hydroxylamine groups is 1. The van der Waals surface area contributed by atoms with Crippen molar-refractivity contribution in [1.82, 2.24) is 5.48 Å². The smallest absolute Gasteiger partial charge is 0.312 e. The first-order valence-corrected chi connectivity index (χ1v) is 7.53. The molecule has 112 valence electrons. The Kier molecular flexibility index (Phi) is 4.46. The van der Waals surface area contributed by atoms with Crippen molar-refractivity contribution in [3.05, 3.63) is 53.6 Å². The summed E-state index contributed by atoms with van der Waals surface area (Å²) in [6.07, 6.45) is 0. The maximum Gasteiger partial charge on any atom is 0.312 e. The highest BCUT2D eigenvalue weighted by Gasteiger charge is 2.15. The van der Waals surface area contributed by atoms with Gasteiger partial charge in [0.2, 0.25) is 0 Å². The first-order chi connectivity index (χ1) is 9.88. The van der Waals surface area contributed by atoms with Crippen LogP contribution in [0.25, 0.3) is 0 Å². The molecular formula is C14H15NO5S. The molecule has 0 fully saturated rings. The van der Waals surface area contributed by atoms with Gasteiger partial charge in [0.25, 0.3) is 0 Å². The lowest BCUT2D eigenvalue weighted by Gasteiger charge is -2.07. The second kappa shape index (κ2) is 6.13. The van der Waals surface area contributed by atoms with E-state index >= 15 is 0 Å². The fraction of sp³-hybridized carbons (Fsp3) is 0.143. The maximum absolute atomic E-state index is 11.9. The molecule has 21 heavy (non-hydrogen) atoms. The molecular weight excluding hydrogens is 294 g/mol. The van der Waals surface area contributed by atoms with Crippen molar-refractivity contribution >= 4 is 10.1 Å². The minimum atomic E-state index is -3.89. The zero-order valence-electron chi connectivity index (χ0n) is 11.3. The van der Waals surface area contributed by atoms with Gasteiger partial charge in [-0.2, -0.15) is 18.2 Å². The zero-order valence-corrected chi connectivity index (χ0v) is 12.1. The van der Waals surface area contributed by atoms with Crippen LogP contribution in [-0.2, 0) is 20.9 Å². The first-order valence-electron chi connectivity index (χ1n) is 6.12. The van der Waals surface area contributed by atoms with Crippen LogP contribution in [0, 0.1) is 6.92 Å². The van der Waals surface area contributed by atoms with Crippen LogP contribution in [0.2, 0.25) is 0 Å². The van der Waals surface area contributed by atoms with Gasteiger partial charge in [-0.05, 0) is 36.8 Å². The lowest BCUT2D eigenvalue weighted by Crippen LogP contribution is -2.20. The summed E-state index contributed by atoms with van der Waals surface area (Å²) in [5.41, 5.74) is 3.83. The zero-order chi connectivity index (χ0) is 15.5. The third kappa shape index (κ3) is 3.94. The Balaban J connectivity index is 1.98. The SMILES string of the molecule is Cc1ccc(S(=O)(=O)ONCc2ccc(O)c(O)c2)cc1. The summed E-state index contributed by atoms with van der Waals surface area (Å²) in [7, 11) is -3.89. The van der Waals surface area contributed by atoms with E-state index in [-0.39, 0.29) is 22.9 Å². The fourth-order valence-corrected chi connectivity index (χ4v) is 2.40. The third-order valence-corrected chi connectivity index (χ3v) is 3.98. The van der Waals surface area contributed by atoms with Crippen LogP contribution in [0.4, 0.5) is 0 Å².